The molecule has 0 radical (unpaired) electrons. The van der Waals surface area contributed by atoms with Gasteiger partial charge >= 0.3 is 6.36 Å². The standard InChI is InChI=1S/C17H14F4N2O2S/c1-16(2,3)12-7-9-14(22-8-23-15(9)26-12)24-13-10(18)5-4-6-11(13)25-17(19,20)21/h4-8H,1-3H3. The number of rotatable bonds is 3. The minimum atomic E-state index is -4.98. The SMILES string of the molecule is CC(C)(C)c1cc2c(Oc3c(F)cccc3OC(F)(F)F)ncnc2s1. The summed E-state index contributed by atoms with van der Waals surface area (Å²) >= 11 is 1.41. The summed E-state index contributed by atoms with van der Waals surface area (Å²) in [5, 5.41) is 0.489. The lowest BCUT2D eigenvalue weighted by molar-refractivity contribution is -0.275. The van der Waals surface area contributed by atoms with E-state index in [2.05, 4.69) is 14.7 Å². The molecule has 0 fully saturated rings. The maximum Gasteiger partial charge on any atom is 0.573 e. The van der Waals surface area contributed by atoms with Crippen molar-refractivity contribution in [2.75, 3.05) is 0 Å². The zero-order valence-electron chi connectivity index (χ0n) is 14.0. The second-order valence-electron chi connectivity index (χ2n) is 6.48. The largest absolute Gasteiger partial charge is 0.573 e. The third-order valence-corrected chi connectivity index (χ3v) is 4.86. The van der Waals surface area contributed by atoms with Gasteiger partial charge in [0.05, 0.1) is 5.39 Å². The van der Waals surface area contributed by atoms with Crippen LogP contribution in [0.15, 0.2) is 30.6 Å². The number of hydrogen-bond donors (Lipinski definition) is 0. The normalized spacial score (nSPS) is 12.4. The van der Waals surface area contributed by atoms with Crippen LogP contribution in [0, 0.1) is 5.82 Å². The maximum atomic E-state index is 14.1. The Balaban J connectivity index is 2.06. The highest BCUT2D eigenvalue weighted by molar-refractivity contribution is 7.18. The van der Waals surface area contributed by atoms with E-state index in [9.17, 15) is 17.6 Å². The molecular formula is C17H14F4N2O2S. The first kappa shape index (κ1) is 18.4. The molecule has 1 aromatic carbocycles. The number of ether oxygens (including phenoxy) is 2. The van der Waals surface area contributed by atoms with Gasteiger partial charge < -0.3 is 9.47 Å². The first-order valence-corrected chi connectivity index (χ1v) is 8.33. The summed E-state index contributed by atoms with van der Waals surface area (Å²) in [6, 6.07) is 4.84. The van der Waals surface area contributed by atoms with Crippen LogP contribution in [-0.4, -0.2) is 16.3 Å². The number of fused-ring (bicyclic) bond motifs is 1. The Labute approximate surface area is 150 Å². The molecule has 0 aliphatic rings. The quantitative estimate of drug-likeness (QED) is 0.532. The van der Waals surface area contributed by atoms with Crippen molar-refractivity contribution in [2.24, 2.45) is 0 Å². The summed E-state index contributed by atoms with van der Waals surface area (Å²) in [5.74, 6) is -2.51. The molecule has 4 nitrogen and oxygen atoms in total. The van der Waals surface area contributed by atoms with Gasteiger partial charge in [-0.1, -0.05) is 26.8 Å². The first-order valence-electron chi connectivity index (χ1n) is 7.52. The molecule has 0 aliphatic carbocycles. The Bertz CT molecular complexity index is 948. The minimum absolute atomic E-state index is 0.0427. The fraction of sp³-hybridized carbons (Fsp3) is 0.294. The van der Waals surface area contributed by atoms with E-state index >= 15 is 0 Å². The summed E-state index contributed by atoms with van der Waals surface area (Å²) in [6.07, 6.45) is -3.76. The van der Waals surface area contributed by atoms with Crippen molar-refractivity contribution in [1.82, 2.24) is 9.97 Å². The summed E-state index contributed by atoms with van der Waals surface area (Å²) in [7, 11) is 0. The van der Waals surface area contributed by atoms with Crippen LogP contribution < -0.4 is 9.47 Å². The van der Waals surface area contributed by atoms with Crippen molar-refractivity contribution in [3.63, 3.8) is 0 Å². The van der Waals surface area contributed by atoms with Crippen LogP contribution in [0.1, 0.15) is 25.6 Å². The number of halogens is 4. The number of para-hydroxylation sites is 1. The molecule has 2 heterocycles. The Hall–Kier alpha value is -2.42. The summed E-state index contributed by atoms with van der Waals surface area (Å²) in [6.45, 7) is 6.04. The summed E-state index contributed by atoms with van der Waals surface area (Å²) in [4.78, 5) is 9.67. The highest BCUT2D eigenvalue weighted by Gasteiger charge is 2.33. The molecule has 0 spiro atoms. The Morgan fingerprint density at radius 2 is 1.81 bits per heavy atom. The highest BCUT2D eigenvalue weighted by atomic mass is 32.1. The average Bonchev–Trinajstić information content (AvgIpc) is 2.94. The summed E-state index contributed by atoms with van der Waals surface area (Å²) in [5.41, 5.74) is -0.162. The molecule has 138 valence electrons. The van der Waals surface area contributed by atoms with Crippen LogP contribution in [0.2, 0.25) is 0 Å². The molecule has 3 aromatic rings. The van der Waals surface area contributed by atoms with Gasteiger partial charge in [0, 0.05) is 4.88 Å². The molecule has 0 N–H and O–H groups in total. The molecule has 2 aromatic heterocycles. The smallest absolute Gasteiger partial charge is 0.431 e. The van der Waals surface area contributed by atoms with Gasteiger partial charge in [-0.05, 0) is 23.6 Å². The van der Waals surface area contributed by atoms with E-state index in [4.69, 9.17) is 4.74 Å². The molecule has 0 saturated carbocycles. The molecule has 0 unspecified atom stereocenters. The van der Waals surface area contributed by atoms with E-state index in [1.807, 2.05) is 20.8 Å². The maximum absolute atomic E-state index is 14.1. The Morgan fingerprint density at radius 3 is 2.46 bits per heavy atom. The molecular weight excluding hydrogens is 372 g/mol. The van der Waals surface area contributed by atoms with Crippen LogP contribution in [0.4, 0.5) is 17.6 Å². The van der Waals surface area contributed by atoms with E-state index in [1.54, 1.807) is 6.07 Å². The fourth-order valence-corrected chi connectivity index (χ4v) is 3.22. The van der Waals surface area contributed by atoms with Gasteiger partial charge in [-0.2, -0.15) is 0 Å². The molecule has 0 amide bonds. The molecule has 0 saturated heterocycles. The zero-order chi connectivity index (χ0) is 19.1. The predicted molar refractivity (Wildman–Crippen MR) is 89.3 cm³/mol. The van der Waals surface area contributed by atoms with E-state index in [0.29, 0.717) is 10.2 Å². The van der Waals surface area contributed by atoms with Crippen LogP contribution in [0.3, 0.4) is 0 Å². The predicted octanol–water partition coefficient (Wildman–Crippen LogP) is 5.82. The van der Waals surface area contributed by atoms with Gasteiger partial charge in [-0.3, -0.25) is 0 Å². The topological polar surface area (TPSA) is 44.2 Å². The van der Waals surface area contributed by atoms with Crippen LogP contribution in [-0.2, 0) is 5.41 Å². The number of aromatic nitrogens is 2. The highest BCUT2D eigenvalue weighted by Crippen LogP contribution is 2.41. The number of thiophene rings is 1. The lowest BCUT2D eigenvalue weighted by atomic mass is 9.94. The van der Waals surface area contributed by atoms with Gasteiger partial charge in [0.25, 0.3) is 0 Å². The number of benzene rings is 1. The van der Waals surface area contributed by atoms with E-state index in [-0.39, 0.29) is 11.3 Å². The Kier molecular flexibility index (Phi) is 4.51. The summed E-state index contributed by atoms with van der Waals surface area (Å²) < 4.78 is 61.0. The van der Waals surface area contributed by atoms with Crippen LogP contribution in [0.25, 0.3) is 10.2 Å². The molecule has 26 heavy (non-hydrogen) atoms. The number of alkyl halides is 3. The van der Waals surface area contributed by atoms with Gasteiger partial charge in [0.2, 0.25) is 11.6 Å². The third-order valence-electron chi connectivity index (χ3n) is 3.39. The van der Waals surface area contributed by atoms with Crippen molar-refractivity contribution in [3.8, 4) is 17.4 Å². The minimum Gasteiger partial charge on any atom is -0.431 e. The van der Waals surface area contributed by atoms with Crippen molar-refractivity contribution < 1.29 is 27.0 Å². The molecule has 0 bridgehead atoms. The zero-order valence-corrected chi connectivity index (χ0v) is 14.8. The third kappa shape index (κ3) is 3.87. The van der Waals surface area contributed by atoms with Gasteiger partial charge in [-0.25, -0.2) is 14.4 Å². The fourth-order valence-electron chi connectivity index (χ4n) is 2.17. The Morgan fingerprint density at radius 1 is 1.08 bits per heavy atom. The van der Waals surface area contributed by atoms with Gasteiger partial charge in [0.15, 0.2) is 11.6 Å². The number of hydrogen-bond acceptors (Lipinski definition) is 5. The second-order valence-corrected chi connectivity index (χ2v) is 7.51. The van der Waals surface area contributed by atoms with Crippen molar-refractivity contribution in [1.29, 1.82) is 0 Å². The number of nitrogens with zero attached hydrogens (tertiary/aromatic N) is 2. The van der Waals surface area contributed by atoms with Gasteiger partial charge in [0.1, 0.15) is 11.2 Å². The molecule has 0 aliphatic heterocycles. The van der Waals surface area contributed by atoms with Crippen molar-refractivity contribution >= 4 is 21.6 Å². The molecule has 3 rings (SSSR count). The van der Waals surface area contributed by atoms with Gasteiger partial charge in [-0.15, -0.1) is 24.5 Å². The first-order chi connectivity index (χ1) is 12.0. The second kappa shape index (κ2) is 6.39. The monoisotopic (exact) mass is 386 g/mol. The lowest BCUT2D eigenvalue weighted by Gasteiger charge is -2.15. The van der Waals surface area contributed by atoms with Crippen molar-refractivity contribution in [2.45, 2.75) is 32.5 Å². The van der Waals surface area contributed by atoms with E-state index < -0.39 is 23.7 Å². The molecule has 9 heteroatoms. The average molecular weight is 386 g/mol. The molecule has 0 atom stereocenters. The lowest BCUT2D eigenvalue weighted by Crippen LogP contribution is -2.17. The van der Waals surface area contributed by atoms with E-state index in [0.717, 1.165) is 23.1 Å². The van der Waals surface area contributed by atoms with Crippen molar-refractivity contribution in [3.05, 3.63) is 41.3 Å². The van der Waals surface area contributed by atoms with Crippen LogP contribution in [0.5, 0.6) is 17.4 Å². The van der Waals surface area contributed by atoms with E-state index in [1.165, 1.54) is 17.7 Å². The van der Waals surface area contributed by atoms with Crippen LogP contribution >= 0.6 is 11.3 Å².